The molecule has 6 nitrogen and oxygen atoms in total. The topological polar surface area (TPSA) is 90.7 Å². The summed E-state index contributed by atoms with van der Waals surface area (Å²) < 4.78 is 64.8. The smallest absolute Gasteiger partial charge is 0.417 e. The highest BCUT2D eigenvalue weighted by Crippen LogP contribution is 2.39. The average Bonchev–Trinajstić information content (AvgIpc) is 2.74. The number of hydrogen-bond acceptors (Lipinski definition) is 4. The summed E-state index contributed by atoms with van der Waals surface area (Å²) >= 11 is 5.90. The molecule has 0 fully saturated rings. The molecule has 0 aromatic heterocycles. The summed E-state index contributed by atoms with van der Waals surface area (Å²) in [5, 5.41) is 2.08. The number of halogens is 5. The molecule has 3 aromatic rings. The van der Waals surface area contributed by atoms with E-state index in [4.69, 9.17) is 26.8 Å². The van der Waals surface area contributed by atoms with E-state index >= 15 is 0 Å². The lowest BCUT2D eigenvalue weighted by atomic mass is 10.0. The number of primary amides is 1. The maximum atomic E-state index is 13.7. The number of nitrogens with one attached hydrogen (secondary N) is 1. The average molecular weight is 483 g/mol. The molecule has 0 aliphatic rings. The van der Waals surface area contributed by atoms with Gasteiger partial charge in [-0.1, -0.05) is 17.7 Å². The molecule has 0 saturated carbocycles. The third kappa shape index (κ3) is 5.35. The number of methoxy groups -OCH3 is 1. The number of ether oxygens (including phenoxy) is 2. The monoisotopic (exact) mass is 482 g/mol. The minimum Gasteiger partial charge on any atom is -0.496 e. The van der Waals surface area contributed by atoms with Gasteiger partial charge >= 0.3 is 6.18 Å². The second-order valence-corrected chi connectivity index (χ2v) is 6.99. The maximum Gasteiger partial charge on any atom is 0.417 e. The van der Waals surface area contributed by atoms with Crippen LogP contribution in [0.15, 0.2) is 54.6 Å². The molecule has 3 N–H and O–H groups in total. The lowest BCUT2D eigenvalue weighted by molar-refractivity contribution is -0.138. The molecule has 0 radical (unpaired) electrons. The first kappa shape index (κ1) is 23.9. The van der Waals surface area contributed by atoms with Crippen LogP contribution in [0.1, 0.15) is 26.3 Å². The zero-order valence-electron chi connectivity index (χ0n) is 16.8. The van der Waals surface area contributed by atoms with Gasteiger partial charge in [0.25, 0.3) is 11.8 Å². The Morgan fingerprint density at radius 2 is 1.70 bits per heavy atom. The lowest BCUT2D eigenvalue weighted by Crippen LogP contribution is -2.20. The first-order valence-electron chi connectivity index (χ1n) is 9.13. The van der Waals surface area contributed by atoms with E-state index in [9.17, 15) is 27.2 Å². The molecule has 0 aliphatic heterocycles. The molecule has 172 valence electrons. The zero-order valence-corrected chi connectivity index (χ0v) is 17.6. The molecule has 2 amide bonds. The van der Waals surface area contributed by atoms with Crippen molar-refractivity contribution in [3.63, 3.8) is 0 Å². The number of benzene rings is 3. The summed E-state index contributed by atoms with van der Waals surface area (Å²) in [6.07, 6.45) is -4.91. The Morgan fingerprint density at radius 1 is 1.00 bits per heavy atom. The minimum atomic E-state index is -4.91. The van der Waals surface area contributed by atoms with Crippen molar-refractivity contribution in [2.24, 2.45) is 5.73 Å². The van der Waals surface area contributed by atoms with Gasteiger partial charge in [0.15, 0.2) is 0 Å². The van der Waals surface area contributed by atoms with Crippen molar-refractivity contribution in [3.05, 3.63) is 82.1 Å². The predicted octanol–water partition coefficient (Wildman–Crippen LogP) is 5.65. The fourth-order valence-corrected chi connectivity index (χ4v) is 3.14. The Bertz CT molecular complexity index is 1230. The summed E-state index contributed by atoms with van der Waals surface area (Å²) in [4.78, 5) is 24.5. The van der Waals surface area contributed by atoms with Gasteiger partial charge in [0, 0.05) is 5.69 Å². The third-order valence-corrected chi connectivity index (χ3v) is 4.69. The van der Waals surface area contributed by atoms with Crippen molar-refractivity contribution >= 4 is 29.1 Å². The molecule has 0 spiro atoms. The van der Waals surface area contributed by atoms with E-state index in [-0.39, 0.29) is 27.8 Å². The van der Waals surface area contributed by atoms with Crippen LogP contribution in [0.3, 0.4) is 0 Å². The van der Waals surface area contributed by atoms with Gasteiger partial charge in [0.05, 0.1) is 28.8 Å². The van der Waals surface area contributed by atoms with E-state index in [2.05, 4.69) is 5.32 Å². The molecule has 33 heavy (non-hydrogen) atoms. The van der Waals surface area contributed by atoms with Gasteiger partial charge in [-0.15, -0.1) is 0 Å². The minimum absolute atomic E-state index is 0.0163. The van der Waals surface area contributed by atoms with Crippen LogP contribution in [-0.4, -0.2) is 18.9 Å². The molecule has 0 heterocycles. The summed E-state index contributed by atoms with van der Waals surface area (Å²) in [6, 6.07) is 9.70. The van der Waals surface area contributed by atoms with Crippen molar-refractivity contribution < 1.29 is 36.6 Å². The fourth-order valence-electron chi connectivity index (χ4n) is 2.93. The van der Waals surface area contributed by atoms with E-state index in [1.165, 1.54) is 19.2 Å². The molecule has 11 heteroatoms. The molecule has 0 bridgehead atoms. The second-order valence-electron chi connectivity index (χ2n) is 6.59. The summed E-state index contributed by atoms with van der Waals surface area (Å²) in [6.45, 7) is 0. The molecule has 0 saturated heterocycles. The molecule has 3 aromatic carbocycles. The summed E-state index contributed by atoms with van der Waals surface area (Å²) in [5.74, 6) is -3.25. The highest BCUT2D eigenvalue weighted by molar-refractivity contribution is 6.32. The number of amides is 2. The molecule has 0 aliphatic carbocycles. The van der Waals surface area contributed by atoms with Crippen LogP contribution in [0.2, 0.25) is 5.02 Å². The van der Waals surface area contributed by atoms with Crippen molar-refractivity contribution in [3.8, 4) is 17.2 Å². The van der Waals surface area contributed by atoms with Gasteiger partial charge in [0.2, 0.25) is 0 Å². The number of alkyl halides is 3. The highest BCUT2D eigenvalue weighted by Gasteiger charge is 2.37. The maximum absolute atomic E-state index is 13.7. The van der Waals surface area contributed by atoms with Gasteiger partial charge in [-0.05, 0) is 48.5 Å². The van der Waals surface area contributed by atoms with Crippen LogP contribution < -0.4 is 20.5 Å². The van der Waals surface area contributed by atoms with Crippen LogP contribution in [0, 0.1) is 5.82 Å². The van der Waals surface area contributed by atoms with Crippen molar-refractivity contribution in [1.29, 1.82) is 0 Å². The standard InChI is InChI=1S/C22H15ClF4N2O4/c1-32-16-8-6-12(10-13(16)20(28)30)29-21(31)19-14(22(25,26)27)3-2-4-18(19)33-17-7-5-11(24)9-15(17)23/h2-10H,1H3,(H2,28,30)(H,29,31). The van der Waals surface area contributed by atoms with Crippen LogP contribution in [-0.2, 0) is 6.18 Å². The molecule has 0 atom stereocenters. The Labute approximate surface area is 189 Å². The summed E-state index contributed by atoms with van der Waals surface area (Å²) in [7, 11) is 1.30. The Morgan fingerprint density at radius 3 is 2.30 bits per heavy atom. The number of anilines is 1. The molecular formula is C22H15ClF4N2O4. The Balaban J connectivity index is 2.05. The van der Waals surface area contributed by atoms with E-state index < -0.39 is 40.7 Å². The van der Waals surface area contributed by atoms with Crippen molar-refractivity contribution in [2.45, 2.75) is 6.18 Å². The molecular weight excluding hydrogens is 468 g/mol. The molecule has 3 rings (SSSR count). The van der Waals surface area contributed by atoms with Gasteiger partial charge in [-0.25, -0.2) is 4.39 Å². The van der Waals surface area contributed by atoms with E-state index in [1.54, 1.807) is 0 Å². The van der Waals surface area contributed by atoms with Crippen LogP contribution in [0.5, 0.6) is 17.2 Å². The highest BCUT2D eigenvalue weighted by atomic mass is 35.5. The number of carbonyl (C=O) groups excluding carboxylic acids is 2. The lowest BCUT2D eigenvalue weighted by Gasteiger charge is -2.18. The van der Waals surface area contributed by atoms with Crippen molar-refractivity contribution in [2.75, 3.05) is 12.4 Å². The van der Waals surface area contributed by atoms with Gasteiger partial charge in [-0.3, -0.25) is 9.59 Å². The fraction of sp³-hybridized carbons (Fsp3) is 0.0909. The van der Waals surface area contributed by atoms with E-state index in [0.29, 0.717) is 6.07 Å². The zero-order chi connectivity index (χ0) is 24.3. The van der Waals surface area contributed by atoms with Crippen LogP contribution in [0.25, 0.3) is 0 Å². The Kier molecular flexibility index (Phi) is 6.78. The summed E-state index contributed by atoms with van der Waals surface area (Å²) in [5.41, 5.74) is 3.05. The number of rotatable bonds is 6. The van der Waals surface area contributed by atoms with Gasteiger partial charge < -0.3 is 20.5 Å². The van der Waals surface area contributed by atoms with E-state index in [0.717, 1.165) is 36.4 Å². The molecule has 0 unspecified atom stereocenters. The number of hydrogen-bond donors (Lipinski definition) is 2. The van der Waals surface area contributed by atoms with Crippen molar-refractivity contribution in [1.82, 2.24) is 0 Å². The largest absolute Gasteiger partial charge is 0.496 e. The van der Waals surface area contributed by atoms with Gasteiger partial charge in [-0.2, -0.15) is 13.2 Å². The number of nitrogens with two attached hydrogens (primary N) is 1. The predicted molar refractivity (Wildman–Crippen MR) is 112 cm³/mol. The van der Waals surface area contributed by atoms with Gasteiger partial charge in [0.1, 0.15) is 23.1 Å². The second kappa shape index (κ2) is 9.37. The quantitative estimate of drug-likeness (QED) is 0.444. The van der Waals surface area contributed by atoms with E-state index in [1.807, 2.05) is 0 Å². The van der Waals surface area contributed by atoms with Crippen LogP contribution in [0.4, 0.5) is 23.2 Å². The normalized spacial score (nSPS) is 11.1. The Hall–Kier alpha value is -3.79. The van der Waals surface area contributed by atoms with Crippen LogP contribution >= 0.6 is 11.6 Å². The number of carbonyl (C=O) groups is 2. The third-order valence-electron chi connectivity index (χ3n) is 4.40. The first-order chi connectivity index (χ1) is 15.5. The SMILES string of the molecule is COc1ccc(NC(=O)c2c(Oc3ccc(F)cc3Cl)cccc2C(F)(F)F)cc1C(N)=O. The first-order valence-corrected chi connectivity index (χ1v) is 9.51.